The standard InChI is InChI=1S/C23H25NO3S/c1-14(24-28(26)23(2,3)4)16-10-7-11-18-20(25)19-13-12-15-8-5-6-9-17(15)22(19)27-21(16)18/h5-11,14,24H,12-13H2,1-4H3/t14-,28?/m1/s1. The second-order valence-corrected chi connectivity index (χ2v) is 10.3. The first kappa shape index (κ1) is 19.2. The van der Waals surface area contributed by atoms with Crippen molar-refractivity contribution < 1.29 is 8.97 Å². The van der Waals surface area contributed by atoms with E-state index in [1.54, 1.807) is 0 Å². The number of hydrogen-bond donors (Lipinski definition) is 1. The Kier molecular flexibility index (Phi) is 4.86. The molecular formula is C23H25NO3S. The molecule has 0 saturated heterocycles. The molecule has 28 heavy (non-hydrogen) atoms. The molecule has 1 N–H and O–H groups in total. The fourth-order valence-electron chi connectivity index (χ4n) is 3.68. The van der Waals surface area contributed by atoms with Crippen molar-refractivity contribution in [3.63, 3.8) is 0 Å². The SMILES string of the molecule is C[C@@H](N[S+]([O-])C(C)(C)C)c1cccc2c(=O)c3c(oc12)-c1ccccc1CC3. The molecule has 0 saturated carbocycles. The van der Waals surface area contributed by atoms with E-state index in [1.807, 2.05) is 64.1 Å². The average molecular weight is 396 g/mol. The van der Waals surface area contributed by atoms with Crippen LogP contribution in [-0.4, -0.2) is 9.30 Å². The van der Waals surface area contributed by atoms with Crippen LogP contribution in [0, 0.1) is 0 Å². The summed E-state index contributed by atoms with van der Waals surface area (Å²) in [6.07, 6.45) is 1.54. The highest BCUT2D eigenvalue weighted by Crippen LogP contribution is 2.35. The van der Waals surface area contributed by atoms with Gasteiger partial charge >= 0.3 is 0 Å². The molecule has 4 nitrogen and oxygen atoms in total. The van der Waals surface area contributed by atoms with Gasteiger partial charge in [-0.2, -0.15) is 0 Å². The van der Waals surface area contributed by atoms with Gasteiger partial charge in [-0.25, -0.2) is 0 Å². The minimum Gasteiger partial charge on any atom is -0.598 e. The third-order valence-corrected chi connectivity index (χ3v) is 6.94. The summed E-state index contributed by atoms with van der Waals surface area (Å²) in [5.41, 5.74) is 4.41. The molecule has 0 amide bonds. The number of rotatable bonds is 3. The van der Waals surface area contributed by atoms with Gasteiger partial charge in [-0.05, 0) is 52.2 Å². The van der Waals surface area contributed by atoms with Crippen molar-refractivity contribution in [3.05, 3.63) is 69.4 Å². The van der Waals surface area contributed by atoms with E-state index in [2.05, 4.69) is 10.8 Å². The van der Waals surface area contributed by atoms with Crippen molar-refractivity contribution in [2.24, 2.45) is 0 Å². The van der Waals surface area contributed by atoms with Crippen LogP contribution in [-0.2, 0) is 24.2 Å². The van der Waals surface area contributed by atoms with Crippen LogP contribution in [0.3, 0.4) is 0 Å². The van der Waals surface area contributed by atoms with Crippen LogP contribution in [0.4, 0.5) is 0 Å². The minimum absolute atomic E-state index is 0.0387. The van der Waals surface area contributed by atoms with Gasteiger partial charge in [-0.15, -0.1) is 4.72 Å². The Morgan fingerprint density at radius 3 is 2.61 bits per heavy atom. The second-order valence-electron chi connectivity index (χ2n) is 8.34. The number of para-hydroxylation sites is 1. The second kappa shape index (κ2) is 7.07. The number of benzene rings is 2. The van der Waals surface area contributed by atoms with Crippen molar-refractivity contribution in [3.8, 4) is 11.3 Å². The molecule has 0 spiro atoms. The van der Waals surface area contributed by atoms with Gasteiger partial charge in [0.15, 0.2) is 5.43 Å². The lowest BCUT2D eigenvalue weighted by Gasteiger charge is -2.27. The molecule has 2 atom stereocenters. The fourth-order valence-corrected chi connectivity index (χ4v) is 4.48. The molecule has 3 aromatic rings. The predicted molar refractivity (Wildman–Crippen MR) is 115 cm³/mol. The molecule has 0 radical (unpaired) electrons. The van der Waals surface area contributed by atoms with Gasteiger partial charge in [0.1, 0.15) is 16.1 Å². The van der Waals surface area contributed by atoms with Gasteiger partial charge in [-0.3, -0.25) is 4.79 Å². The molecule has 1 unspecified atom stereocenters. The predicted octanol–water partition coefficient (Wildman–Crippen LogP) is 4.67. The molecular weight excluding hydrogens is 370 g/mol. The third kappa shape index (κ3) is 3.28. The zero-order valence-electron chi connectivity index (χ0n) is 16.7. The van der Waals surface area contributed by atoms with Gasteiger partial charge < -0.3 is 8.97 Å². The van der Waals surface area contributed by atoms with E-state index in [-0.39, 0.29) is 16.2 Å². The van der Waals surface area contributed by atoms with Gasteiger partial charge in [-0.1, -0.05) is 36.4 Å². The van der Waals surface area contributed by atoms with E-state index >= 15 is 0 Å². The average Bonchev–Trinajstić information content (AvgIpc) is 2.67. The van der Waals surface area contributed by atoms with Crippen molar-refractivity contribution in [2.75, 3.05) is 0 Å². The first-order valence-electron chi connectivity index (χ1n) is 9.62. The summed E-state index contributed by atoms with van der Waals surface area (Å²) in [6, 6.07) is 13.5. The summed E-state index contributed by atoms with van der Waals surface area (Å²) in [6.45, 7) is 7.74. The number of fused-ring (bicyclic) bond motifs is 4. The molecule has 4 rings (SSSR count). The summed E-state index contributed by atoms with van der Waals surface area (Å²) in [5.74, 6) is 0.677. The molecule has 1 aromatic heterocycles. The van der Waals surface area contributed by atoms with Crippen LogP contribution >= 0.6 is 0 Å². The number of hydrogen-bond acceptors (Lipinski definition) is 4. The Bertz CT molecular complexity index is 1100. The van der Waals surface area contributed by atoms with E-state index in [0.29, 0.717) is 23.2 Å². The van der Waals surface area contributed by atoms with Gasteiger partial charge in [0.05, 0.1) is 11.4 Å². The maximum absolute atomic E-state index is 13.2. The van der Waals surface area contributed by atoms with Gasteiger partial charge in [0, 0.05) is 28.1 Å². The molecule has 0 fully saturated rings. The molecule has 2 aromatic carbocycles. The summed E-state index contributed by atoms with van der Waals surface area (Å²) in [4.78, 5) is 13.2. The summed E-state index contributed by atoms with van der Waals surface area (Å²) in [7, 11) is 0. The van der Waals surface area contributed by atoms with E-state index in [4.69, 9.17) is 4.42 Å². The van der Waals surface area contributed by atoms with Crippen LogP contribution < -0.4 is 10.2 Å². The maximum Gasteiger partial charge on any atom is 0.196 e. The van der Waals surface area contributed by atoms with E-state index in [9.17, 15) is 9.35 Å². The maximum atomic E-state index is 13.2. The Hall–Kier alpha value is -2.08. The highest BCUT2D eigenvalue weighted by Gasteiger charge is 2.30. The molecule has 0 bridgehead atoms. The molecule has 146 valence electrons. The van der Waals surface area contributed by atoms with Gasteiger partial charge in [0.25, 0.3) is 0 Å². The summed E-state index contributed by atoms with van der Waals surface area (Å²) < 4.78 is 21.7. The van der Waals surface area contributed by atoms with Crippen molar-refractivity contribution in [1.82, 2.24) is 4.72 Å². The minimum atomic E-state index is -1.22. The number of nitrogens with one attached hydrogen (secondary N) is 1. The lowest BCUT2D eigenvalue weighted by molar-refractivity contribution is 0.529. The topological polar surface area (TPSA) is 65.3 Å². The van der Waals surface area contributed by atoms with Crippen LogP contribution in [0.25, 0.3) is 22.3 Å². The Morgan fingerprint density at radius 2 is 1.86 bits per heavy atom. The lowest BCUT2D eigenvalue weighted by Crippen LogP contribution is -2.40. The molecule has 1 aliphatic carbocycles. The van der Waals surface area contributed by atoms with Crippen molar-refractivity contribution in [2.45, 2.75) is 51.3 Å². The Balaban J connectivity index is 1.87. The Labute approximate surface area is 168 Å². The normalized spacial score (nSPS) is 15.8. The largest absolute Gasteiger partial charge is 0.598 e. The highest BCUT2D eigenvalue weighted by atomic mass is 32.2. The monoisotopic (exact) mass is 395 g/mol. The van der Waals surface area contributed by atoms with E-state index in [1.165, 1.54) is 5.56 Å². The quantitative estimate of drug-likeness (QED) is 0.655. The zero-order chi connectivity index (χ0) is 20.1. The summed E-state index contributed by atoms with van der Waals surface area (Å²) in [5, 5.41) is 0.589. The number of aryl methyl sites for hydroxylation is 1. The van der Waals surface area contributed by atoms with Crippen LogP contribution in [0.1, 0.15) is 50.4 Å². The fraction of sp³-hybridized carbons (Fsp3) is 0.348. The zero-order valence-corrected chi connectivity index (χ0v) is 17.5. The van der Waals surface area contributed by atoms with Crippen LogP contribution in [0.2, 0.25) is 0 Å². The smallest absolute Gasteiger partial charge is 0.196 e. The Morgan fingerprint density at radius 1 is 1.11 bits per heavy atom. The van der Waals surface area contributed by atoms with Crippen LogP contribution in [0.15, 0.2) is 51.7 Å². The lowest BCUT2D eigenvalue weighted by atomic mass is 9.89. The molecule has 1 aliphatic rings. The molecule has 1 heterocycles. The summed E-state index contributed by atoms with van der Waals surface area (Å²) >= 11 is -1.22. The van der Waals surface area contributed by atoms with E-state index in [0.717, 1.165) is 23.1 Å². The van der Waals surface area contributed by atoms with Crippen molar-refractivity contribution in [1.29, 1.82) is 0 Å². The third-order valence-electron chi connectivity index (χ3n) is 5.26. The molecule has 0 aliphatic heterocycles. The van der Waals surface area contributed by atoms with Crippen LogP contribution in [0.5, 0.6) is 0 Å². The molecule has 5 heteroatoms. The van der Waals surface area contributed by atoms with Gasteiger partial charge in [0.2, 0.25) is 0 Å². The van der Waals surface area contributed by atoms with E-state index < -0.39 is 11.4 Å². The van der Waals surface area contributed by atoms with Crippen molar-refractivity contribution >= 4 is 22.3 Å². The first-order valence-corrected chi connectivity index (χ1v) is 10.8. The first-order chi connectivity index (χ1) is 13.3. The highest BCUT2D eigenvalue weighted by molar-refractivity contribution is 7.90.